The van der Waals surface area contributed by atoms with Gasteiger partial charge in [-0.1, -0.05) is 25.1 Å². The minimum absolute atomic E-state index is 0.192. The topological polar surface area (TPSA) is 28.2 Å². The molecular formula is C17H22FN3. The van der Waals surface area contributed by atoms with Gasteiger partial charge in [0.05, 0.1) is 23.6 Å². The fraction of sp³-hybridized carbons (Fsp3) is 0.353. The second-order valence-corrected chi connectivity index (χ2v) is 4.87. The highest BCUT2D eigenvalue weighted by Crippen LogP contribution is 2.20. The molecule has 3 nitrogen and oxygen atoms in total. The van der Waals surface area contributed by atoms with E-state index in [1.165, 1.54) is 6.07 Å². The number of para-hydroxylation sites is 1. The summed E-state index contributed by atoms with van der Waals surface area (Å²) in [4.78, 5) is 6.62. The number of pyridine rings is 1. The summed E-state index contributed by atoms with van der Waals surface area (Å²) < 4.78 is 13.9. The van der Waals surface area contributed by atoms with Crippen molar-refractivity contribution in [1.82, 2.24) is 10.3 Å². The van der Waals surface area contributed by atoms with E-state index in [4.69, 9.17) is 0 Å². The van der Waals surface area contributed by atoms with E-state index in [9.17, 15) is 4.39 Å². The van der Waals surface area contributed by atoms with Gasteiger partial charge < -0.3 is 10.2 Å². The maximum Gasteiger partial charge on any atom is 0.146 e. The number of nitrogens with zero attached hydrogens (tertiary/aromatic N) is 2. The Hall–Kier alpha value is -1.94. The summed E-state index contributed by atoms with van der Waals surface area (Å²) in [5, 5.41) is 3.26. The molecule has 0 amide bonds. The molecule has 0 unspecified atom stereocenters. The Kier molecular flexibility index (Phi) is 5.69. The van der Waals surface area contributed by atoms with Gasteiger partial charge in [-0.15, -0.1) is 0 Å². The summed E-state index contributed by atoms with van der Waals surface area (Å²) in [5.41, 5.74) is 2.59. The van der Waals surface area contributed by atoms with Crippen molar-refractivity contribution in [2.45, 2.75) is 26.9 Å². The Labute approximate surface area is 125 Å². The van der Waals surface area contributed by atoms with Crippen LogP contribution < -0.4 is 10.2 Å². The molecule has 0 fully saturated rings. The van der Waals surface area contributed by atoms with E-state index in [0.29, 0.717) is 12.2 Å². The molecule has 0 aliphatic rings. The lowest BCUT2D eigenvalue weighted by Crippen LogP contribution is -2.24. The Morgan fingerprint density at radius 3 is 2.52 bits per heavy atom. The molecule has 1 aromatic heterocycles. The van der Waals surface area contributed by atoms with Gasteiger partial charge in [0.2, 0.25) is 0 Å². The third-order valence-electron chi connectivity index (χ3n) is 3.35. The molecule has 1 aromatic carbocycles. The summed E-state index contributed by atoms with van der Waals surface area (Å²) in [7, 11) is 0. The lowest BCUT2D eigenvalue weighted by molar-refractivity contribution is 0.616. The summed E-state index contributed by atoms with van der Waals surface area (Å²) in [6.45, 7) is 7.12. The van der Waals surface area contributed by atoms with Crippen LogP contribution in [0.2, 0.25) is 0 Å². The van der Waals surface area contributed by atoms with Crippen LogP contribution in [0, 0.1) is 5.82 Å². The molecule has 0 saturated carbocycles. The molecule has 112 valence electrons. The second-order valence-electron chi connectivity index (χ2n) is 4.87. The first-order valence-electron chi connectivity index (χ1n) is 7.39. The number of halogens is 1. The van der Waals surface area contributed by atoms with Crippen LogP contribution in [0.1, 0.15) is 25.2 Å². The summed E-state index contributed by atoms with van der Waals surface area (Å²) in [6, 6.07) is 12.9. The highest BCUT2D eigenvalue weighted by Gasteiger charge is 2.10. The molecule has 1 N–H and O–H groups in total. The predicted molar refractivity (Wildman–Crippen MR) is 84.7 cm³/mol. The maximum absolute atomic E-state index is 13.9. The van der Waals surface area contributed by atoms with E-state index in [1.807, 2.05) is 36.1 Å². The van der Waals surface area contributed by atoms with Gasteiger partial charge in [-0.25, -0.2) is 4.39 Å². The average Bonchev–Trinajstić information content (AvgIpc) is 2.52. The highest BCUT2D eigenvalue weighted by molar-refractivity contribution is 5.47. The number of nitrogens with one attached hydrogen (secondary N) is 1. The van der Waals surface area contributed by atoms with Crippen molar-refractivity contribution < 1.29 is 4.39 Å². The van der Waals surface area contributed by atoms with Crippen molar-refractivity contribution in [3.63, 3.8) is 0 Å². The Morgan fingerprint density at radius 1 is 1.05 bits per heavy atom. The summed E-state index contributed by atoms with van der Waals surface area (Å²) in [6.07, 6.45) is 0. The molecule has 0 saturated heterocycles. The predicted octanol–water partition coefficient (Wildman–Crippen LogP) is 3.36. The number of hydrogen-bond donors (Lipinski definition) is 1. The van der Waals surface area contributed by atoms with E-state index in [-0.39, 0.29) is 5.82 Å². The molecule has 0 atom stereocenters. The standard InChI is InChI=1S/C17H22FN3/c1-3-19-12-14-8-7-9-15(20-14)13-21(4-2)17-11-6-5-10-16(17)18/h5-11,19H,3-4,12-13H2,1-2H3. The molecule has 0 spiro atoms. The maximum atomic E-state index is 13.9. The molecule has 0 aliphatic carbocycles. The van der Waals surface area contributed by atoms with Gasteiger partial charge in [-0.2, -0.15) is 0 Å². The monoisotopic (exact) mass is 287 g/mol. The number of rotatable bonds is 7. The van der Waals surface area contributed by atoms with Crippen molar-refractivity contribution in [3.8, 4) is 0 Å². The van der Waals surface area contributed by atoms with Gasteiger partial charge in [0.25, 0.3) is 0 Å². The molecule has 2 aromatic rings. The van der Waals surface area contributed by atoms with Crippen molar-refractivity contribution in [3.05, 3.63) is 59.7 Å². The van der Waals surface area contributed by atoms with Crippen LogP contribution >= 0.6 is 0 Å². The molecule has 21 heavy (non-hydrogen) atoms. The average molecular weight is 287 g/mol. The minimum atomic E-state index is -0.192. The third-order valence-corrected chi connectivity index (χ3v) is 3.35. The zero-order valence-corrected chi connectivity index (χ0v) is 12.6. The van der Waals surface area contributed by atoms with Gasteiger partial charge in [0.1, 0.15) is 5.82 Å². The van der Waals surface area contributed by atoms with Crippen molar-refractivity contribution in [1.29, 1.82) is 0 Å². The Balaban J connectivity index is 2.13. The first kappa shape index (κ1) is 15.4. The zero-order chi connectivity index (χ0) is 15.1. The molecular weight excluding hydrogens is 265 g/mol. The van der Waals surface area contributed by atoms with Gasteiger partial charge >= 0.3 is 0 Å². The SMILES string of the molecule is CCNCc1cccc(CN(CC)c2ccccc2F)n1. The lowest BCUT2D eigenvalue weighted by atomic mass is 10.2. The van der Waals surface area contributed by atoms with Gasteiger partial charge in [-0.05, 0) is 37.7 Å². The lowest BCUT2D eigenvalue weighted by Gasteiger charge is -2.23. The molecule has 2 rings (SSSR count). The van der Waals surface area contributed by atoms with E-state index in [1.54, 1.807) is 12.1 Å². The van der Waals surface area contributed by atoms with Crippen molar-refractivity contribution in [2.24, 2.45) is 0 Å². The summed E-state index contributed by atoms with van der Waals surface area (Å²) in [5.74, 6) is -0.192. The Bertz CT molecular complexity index is 571. The van der Waals surface area contributed by atoms with Crippen LogP contribution in [0.5, 0.6) is 0 Å². The van der Waals surface area contributed by atoms with E-state index in [0.717, 1.165) is 31.0 Å². The molecule has 0 radical (unpaired) electrons. The molecule has 4 heteroatoms. The highest BCUT2D eigenvalue weighted by atomic mass is 19.1. The largest absolute Gasteiger partial charge is 0.364 e. The fourth-order valence-electron chi connectivity index (χ4n) is 2.24. The fourth-order valence-corrected chi connectivity index (χ4v) is 2.24. The van der Waals surface area contributed by atoms with Crippen molar-refractivity contribution in [2.75, 3.05) is 18.0 Å². The first-order valence-corrected chi connectivity index (χ1v) is 7.39. The van der Waals surface area contributed by atoms with Crippen LogP contribution in [0.15, 0.2) is 42.5 Å². The number of aromatic nitrogens is 1. The second kappa shape index (κ2) is 7.74. The van der Waals surface area contributed by atoms with Crippen LogP contribution in [0.25, 0.3) is 0 Å². The van der Waals surface area contributed by atoms with Crippen LogP contribution in [-0.2, 0) is 13.1 Å². The van der Waals surface area contributed by atoms with E-state index in [2.05, 4.69) is 17.2 Å². The number of hydrogen-bond acceptors (Lipinski definition) is 3. The van der Waals surface area contributed by atoms with Gasteiger partial charge in [0.15, 0.2) is 0 Å². The summed E-state index contributed by atoms with van der Waals surface area (Å²) >= 11 is 0. The first-order chi connectivity index (χ1) is 10.2. The molecule has 0 aliphatic heterocycles. The van der Waals surface area contributed by atoms with E-state index >= 15 is 0 Å². The Morgan fingerprint density at radius 2 is 1.81 bits per heavy atom. The van der Waals surface area contributed by atoms with Gasteiger partial charge in [-0.3, -0.25) is 4.98 Å². The van der Waals surface area contributed by atoms with Crippen LogP contribution in [-0.4, -0.2) is 18.1 Å². The smallest absolute Gasteiger partial charge is 0.146 e. The van der Waals surface area contributed by atoms with Crippen LogP contribution in [0.4, 0.5) is 10.1 Å². The zero-order valence-electron chi connectivity index (χ0n) is 12.6. The third kappa shape index (κ3) is 4.26. The normalized spacial score (nSPS) is 10.6. The quantitative estimate of drug-likeness (QED) is 0.846. The minimum Gasteiger partial charge on any atom is -0.364 e. The molecule has 1 heterocycles. The molecule has 0 bridgehead atoms. The van der Waals surface area contributed by atoms with Gasteiger partial charge in [0, 0.05) is 13.1 Å². The van der Waals surface area contributed by atoms with Crippen LogP contribution in [0.3, 0.4) is 0 Å². The van der Waals surface area contributed by atoms with E-state index < -0.39 is 0 Å². The van der Waals surface area contributed by atoms with Crippen molar-refractivity contribution >= 4 is 5.69 Å². The number of anilines is 1. The number of benzene rings is 1.